The maximum atomic E-state index is 12.3. The number of hydrogen-bond donors (Lipinski definition) is 6. The predicted molar refractivity (Wildman–Crippen MR) is 108 cm³/mol. The van der Waals surface area contributed by atoms with Gasteiger partial charge in [-0.15, -0.1) is 0 Å². The minimum Gasteiger partial charge on any atom is -0.508 e. The average Bonchev–Trinajstić information content (AvgIpc) is 3.14. The molecule has 9 atom stereocenters. The lowest BCUT2D eigenvalue weighted by Crippen LogP contribution is -2.60. The third kappa shape index (κ3) is 4.75. The van der Waals surface area contributed by atoms with Crippen molar-refractivity contribution in [2.75, 3.05) is 13.2 Å². The first-order chi connectivity index (χ1) is 15.8. The molecule has 1 aromatic carbocycles. The fraction of sp³-hybridized carbons (Fsp3) is 0.500. The molecule has 1 saturated heterocycles. The van der Waals surface area contributed by atoms with E-state index < -0.39 is 67.5 Å². The summed E-state index contributed by atoms with van der Waals surface area (Å²) in [6.45, 7) is -0.789. The van der Waals surface area contributed by atoms with Crippen LogP contribution in [-0.2, 0) is 18.9 Å². The van der Waals surface area contributed by atoms with Gasteiger partial charge in [-0.05, 0) is 35.9 Å². The van der Waals surface area contributed by atoms with E-state index in [1.807, 2.05) is 0 Å². The highest BCUT2D eigenvalue weighted by Crippen LogP contribution is 2.41. The van der Waals surface area contributed by atoms with Gasteiger partial charge in [0.2, 0.25) is 6.29 Å². The van der Waals surface area contributed by atoms with Crippen LogP contribution in [0.3, 0.4) is 0 Å². The maximum absolute atomic E-state index is 12.3. The number of esters is 1. The highest BCUT2D eigenvalue weighted by Gasteiger charge is 2.49. The summed E-state index contributed by atoms with van der Waals surface area (Å²) in [7, 11) is 0. The zero-order valence-corrected chi connectivity index (χ0v) is 17.4. The molecule has 1 aromatic rings. The van der Waals surface area contributed by atoms with Gasteiger partial charge in [0.1, 0.15) is 36.8 Å². The Morgan fingerprint density at radius 2 is 1.73 bits per heavy atom. The monoisotopic (exact) mass is 466 g/mol. The third-order valence-electron chi connectivity index (χ3n) is 6.02. The number of carbonyl (C=O) groups excluding carboxylic acids is 1. The van der Waals surface area contributed by atoms with E-state index in [0.717, 1.165) is 0 Å². The van der Waals surface area contributed by atoms with E-state index >= 15 is 0 Å². The maximum Gasteiger partial charge on any atom is 0.338 e. The Labute approximate surface area is 188 Å². The van der Waals surface area contributed by atoms with Crippen LogP contribution in [-0.4, -0.2) is 92.9 Å². The van der Waals surface area contributed by atoms with Gasteiger partial charge < -0.3 is 49.6 Å². The SMILES string of the molecule is O=C(OCC1=C[C@H](O)[C@H]2C=CO[C@@H](O[C@@H]3O[C@H](CO)[C@@H](O)[C@H](O)[C@H]3O)[C@@H]12)c1ccc(O)cc1. The van der Waals surface area contributed by atoms with Crippen LogP contribution in [0.5, 0.6) is 5.75 Å². The Morgan fingerprint density at radius 3 is 2.42 bits per heavy atom. The molecule has 1 fully saturated rings. The Morgan fingerprint density at radius 1 is 1.00 bits per heavy atom. The second-order valence-corrected chi connectivity index (χ2v) is 8.12. The van der Waals surface area contributed by atoms with Crippen molar-refractivity contribution in [1.82, 2.24) is 0 Å². The van der Waals surface area contributed by atoms with E-state index in [2.05, 4.69) is 0 Å². The minimum atomic E-state index is -1.62. The number of fused-ring (bicyclic) bond motifs is 1. The summed E-state index contributed by atoms with van der Waals surface area (Å²) in [5.41, 5.74) is 0.746. The van der Waals surface area contributed by atoms with Crippen LogP contribution in [0.25, 0.3) is 0 Å². The first-order valence-electron chi connectivity index (χ1n) is 10.4. The summed E-state index contributed by atoms with van der Waals surface area (Å²) >= 11 is 0. The summed E-state index contributed by atoms with van der Waals surface area (Å²) in [4.78, 5) is 12.3. The molecule has 0 saturated carbocycles. The molecule has 2 aliphatic heterocycles. The summed E-state index contributed by atoms with van der Waals surface area (Å²) < 4.78 is 22.0. The number of rotatable bonds is 6. The number of ether oxygens (including phenoxy) is 4. The van der Waals surface area contributed by atoms with Crippen LogP contribution in [0, 0.1) is 11.8 Å². The number of aromatic hydroxyl groups is 1. The first kappa shape index (κ1) is 23.6. The van der Waals surface area contributed by atoms with Crippen molar-refractivity contribution < 1.29 is 54.4 Å². The van der Waals surface area contributed by atoms with Crippen molar-refractivity contribution in [2.24, 2.45) is 11.8 Å². The van der Waals surface area contributed by atoms with Crippen molar-refractivity contribution in [1.29, 1.82) is 0 Å². The van der Waals surface area contributed by atoms with Gasteiger partial charge >= 0.3 is 5.97 Å². The van der Waals surface area contributed by atoms with E-state index in [9.17, 15) is 35.4 Å². The van der Waals surface area contributed by atoms with Crippen LogP contribution in [0.4, 0.5) is 0 Å². The van der Waals surface area contributed by atoms with Gasteiger partial charge in [-0.25, -0.2) is 4.79 Å². The number of phenolic OH excluding ortho intramolecular Hbond substituents is 1. The normalized spacial score (nSPS) is 37.7. The number of hydrogen-bond acceptors (Lipinski definition) is 11. The summed E-state index contributed by atoms with van der Waals surface area (Å²) in [6.07, 6.45) is -4.86. The number of aliphatic hydroxyl groups excluding tert-OH is 5. The van der Waals surface area contributed by atoms with Gasteiger partial charge in [-0.3, -0.25) is 0 Å². The van der Waals surface area contributed by atoms with Gasteiger partial charge in [-0.2, -0.15) is 0 Å². The number of benzene rings is 1. The lowest BCUT2D eigenvalue weighted by Gasteiger charge is -2.42. The molecule has 180 valence electrons. The molecular formula is C22H26O11. The van der Waals surface area contributed by atoms with E-state index in [4.69, 9.17) is 18.9 Å². The van der Waals surface area contributed by atoms with Gasteiger partial charge in [-0.1, -0.05) is 6.08 Å². The Kier molecular flexibility index (Phi) is 7.00. The highest BCUT2D eigenvalue weighted by atomic mass is 16.8. The second-order valence-electron chi connectivity index (χ2n) is 8.12. The van der Waals surface area contributed by atoms with Gasteiger partial charge in [0.05, 0.1) is 30.5 Å². The van der Waals surface area contributed by atoms with Crippen LogP contribution < -0.4 is 0 Å². The molecule has 0 amide bonds. The second kappa shape index (κ2) is 9.77. The van der Waals surface area contributed by atoms with Crippen LogP contribution in [0.15, 0.2) is 48.3 Å². The lowest BCUT2D eigenvalue weighted by atomic mass is 9.88. The van der Waals surface area contributed by atoms with Crippen molar-refractivity contribution >= 4 is 5.97 Å². The van der Waals surface area contributed by atoms with Crippen LogP contribution >= 0.6 is 0 Å². The largest absolute Gasteiger partial charge is 0.508 e. The summed E-state index contributed by atoms with van der Waals surface area (Å²) in [5.74, 6) is -1.69. The smallest absolute Gasteiger partial charge is 0.338 e. The fourth-order valence-corrected chi connectivity index (χ4v) is 4.19. The topological polar surface area (TPSA) is 175 Å². The van der Waals surface area contributed by atoms with Gasteiger partial charge in [0.25, 0.3) is 0 Å². The molecule has 6 N–H and O–H groups in total. The van der Waals surface area contributed by atoms with E-state index in [1.165, 1.54) is 36.6 Å². The molecule has 4 rings (SSSR count). The van der Waals surface area contributed by atoms with E-state index in [-0.39, 0.29) is 17.9 Å². The third-order valence-corrected chi connectivity index (χ3v) is 6.02. The molecule has 0 radical (unpaired) electrons. The molecule has 33 heavy (non-hydrogen) atoms. The number of phenols is 1. The number of aliphatic hydroxyl groups is 5. The zero-order chi connectivity index (χ0) is 23.7. The molecule has 11 nitrogen and oxygen atoms in total. The van der Waals surface area contributed by atoms with Gasteiger partial charge in [0, 0.05) is 5.92 Å². The Bertz CT molecular complexity index is 896. The molecule has 0 unspecified atom stereocenters. The Balaban J connectivity index is 1.45. The lowest BCUT2D eigenvalue weighted by molar-refractivity contribution is -0.339. The molecule has 0 bridgehead atoms. The standard InChI is InChI=1S/C22H26O11/c23-8-15-17(26)18(27)19(28)22(32-15)33-21-16-11(7-14(25)13(16)5-6-30-21)9-31-20(29)10-1-3-12(24)4-2-10/h1-7,13-19,21-28H,8-9H2/t13-,14+,15-,16+,17-,18+,19-,21+,22+/m1/s1. The fourth-order valence-electron chi connectivity index (χ4n) is 4.19. The number of carbonyl (C=O) groups is 1. The Hall–Kier alpha value is -2.51. The average molecular weight is 466 g/mol. The molecule has 2 heterocycles. The zero-order valence-electron chi connectivity index (χ0n) is 17.4. The molecule has 1 aliphatic carbocycles. The molecule has 0 aromatic heterocycles. The van der Waals surface area contributed by atoms with E-state index in [0.29, 0.717) is 5.57 Å². The molecular weight excluding hydrogens is 440 g/mol. The first-order valence-corrected chi connectivity index (χ1v) is 10.4. The molecule has 3 aliphatic rings. The van der Waals surface area contributed by atoms with Crippen LogP contribution in [0.2, 0.25) is 0 Å². The molecule has 11 heteroatoms. The summed E-state index contributed by atoms with van der Waals surface area (Å²) in [6, 6.07) is 5.54. The van der Waals surface area contributed by atoms with Crippen molar-refractivity contribution in [3.05, 3.63) is 53.8 Å². The van der Waals surface area contributed by atoms with Crippen molar-refractivity contribution in [3.8, 4) is 5.75 Å². The summed E-state index contributed by atoms with van der Waals surface area (Å²) in [5, 5.41) is 59.4. The predicted octanol–water partition coefficient (Wildman–Crippen LogP) is -1.23. The van der Waals surface area contributed by atoms with E-state index in [1.54, 1.807) is 6.08 Å². The minimum absolute atomic E-state index is 0.00957. The molecule has 0 spiro atoms. The highest BCUT2D eigenvalue weighted by molar-refractivity contribution is 5.89. The van der Waals surface area contributed by atoms with Crippen molar-refractivity contribution in [3.63, 3.8) is 0 Å². The van der Waals surface area contributed by atoms with Crippen molar-refractivity contribution in [2.45, 2.75) is 43.1 Å². The van der Waals surface area contributed by atoms with Crippen LogP contribution in [0.1, 0.15) is 10.4 Å². The quantitative estimate of drug-likeness (QED) is 0.219. The van der Waals surface area contributed by atoms with Gasteiger partial charge in [0.15, 0.2) is 6.29 Å².